The summed E-state index contributed by atoms with van der Waals surface area (Å²) in [6.07, 6.45) is 0.505. The molecule has 0 aliphatic carbocycles. The predicted octanol–water partition coefficient (Wildman–Crippen LogP) is 6.23. The molecule has 4 aromatic rings. The average Bonchev–Trinajstić information content (AvgIpc) is 3.24. The maximum absolute atomic E-state index is 14.2. The number of hydrogen-bond acceptors (Lipinski definition) is 5. The van der Waals surface area contributed by atoms with Crippen LogP contribution in [0.25, 0.3) is 10.4 Å². The minimum absolute atomic E-state index is 0.0821. The molecule has 180 valence electrons. The Kier molecular flexibility index (Phi) is 6.07. The van der Waals surface area contributed by atoms with Crippen LogP contribution in [0.4, 0.5) is 21.5 Å². The number of halogens is 1. The van der Waals surface area contributed by atoms with Gasteiger partial charge >= 0.3 is 0 Å². The van der Waals surface area contributed by atoms with Gasteiger partial charge in [-0.25, -0.2) is 4.39 Å². The number of aryl methyl sites for hydroxylation is 1. The smallest absolute Gasteiger partial charge is 0.269 e. The summed E-state index contributed by atoms with van der Waals surface area (Å²) in [4.78, 5) is 39.8. The summed E-state index contributed by atoms with van der Waals surface area (Å²) in [5, 5.41) is 13.7. The minimum Gasteiger partial charge on any atom is -0.319 e. The summed E-state index contributed by atoms with van der Waals surface area (Å²) >= 11 is 1.30. The topological polar surface area (TPSA) is 92.6 Å². The number of para-hydroxylation sites is 2. The number of nitrogens with one attached hydrogen (secondary N) is 1. The summed E-state index contributed by atoms with van der Waals surface area (Å²) < 4.78 is 14.2. The fourth-order valence-corrected chi connectivity index (χ4v) is 5.41. The Bertz CT molecular complexity index is 1490. The van der Waals surface area contributed by atoms with E-state index >= 15 is 0 Å². The van der Waals surface area contributed by atoms with Crippen LogP contribution >= 0.6 is 11.3 Å². The molecule has 2 heterocycles. The quantitative estimate of drug-likeness (QED) is 0.265. The molecular weight excluding hydrogens is 481 g/mol. The molecule has 1 aliphatic heterocycles. The second-order valence-corrected chi connectivity index (χ2v) is 9.43. The number of nitro groups is 1. The Labute approximate surface area is 210 Å². The van der Waals surface area contributed by atoms with Crippen molar-refractivity contribution in [3.05, 3.63) is 110 Å². The molecule has 0 saturated heterocycles. The third-order valence-electron chi connectivity index (χ3n) is 6.11. The van der Waals surface area contributed by atoms with Crippen molar-refractivity contribution < 1.29 is 18.9 Å². The van der Waals surface area contributed by atoms with Crippen LogP contribution in [0.15, 0.2) is 72.8 Å². The van der Waals surface area contributed by atoms with Gasteiger partial charge in [0.05, 0.1) is 21.2 Å². The molecule has 0 saturated carbocycles. The van der Waals surface area contributed by atoms with Crippen molar-refractivity contribution in [3.8, 4) is 10.4 Å². The lowest BCUT2D eigenvalue weighted by Gasteiger charge is -2.23. The van der Waals surface area contributed by atoms with Gasteiger partial charge < -0.3 is 10.2 Å². The van der Waals surface area contributed by atoms with Crippen molar-refractivity contribution in [1.29, 1.82) is 0 Å². The molecular formula is C27H20FN3O4S. The van der Waals surface area contributed by atoms with Crippen LogP contribution in [0, 0.1) is 22.9 Å². The SMILES string of the molecule is Cc1cccc(F)c1NC(=O)c1cc2c(s1)-c1ccccc1N(C(=O)c1ccc([N+](=O)[O-])cc1)CC2. The molecule has 2 amide bonds. The largest absolute Gasteiger partial charge is 0.319 e. The van der Waals surface area contributed by atoms with E-state index in [4.69, 9.17) is 0 Å². The van der Waals surface area contributed by atoms with Gasteiger partial charge in [-0.2, -0.15) is 0 Å². The molecule has 0 atom stereocenters. The summed E-state index contributed by atoms with van der Waals surface area (Å²) in [6.45, 7) is 2.10. The second kappa shape index (κ2) is 9.35. The zero-order valence-electron chi connectivity index (χ0n) is 19.2. The Morgan fingerprint density at radius 2 is 1.81 bits per heavy atom. The van der Waals surface area contributed by atoms with E-state index in [9.17, 15) is 24.1 Å². The predicted molar refractivity (Wildman–Crippen MR) is 137 cm³/mol. The first-order valence-electron chi connectivity index (χ1n) is 11.2. The highest BCUT2D eigenvalue weighted by Crippen LogP contribution is 2.42. The molecule has 1 aliphatic rings. The Morgan fingerprint density at radius 1 is 1.06 bits per heavy atom. The van der Waals surface area contributed by atoms with Gasteiger partial charge in [0.15, 0.2) is 0 Å². The number of thiophene rings is 1. The first-order valence-corrected chi connectivity index (χ1v) is 12.0. The number of anilines is 2. The number of benzene rings is 3. The van der Waals surface area contributed by atoms with E-state index in [1.165, 1.54) is 41.7 Å². The van der Waals surface area contributed by atoms with Crippen LogP contribution in [0.3, 0.4) is 0 Å². The zero-order valence-corrected chi connectivity index (χ0v) is 20.0. The molecule has 36 heavy (non-hydrogen) atoms. The molecule has 0 bridgehead atoms. The normalized spacial score (nSPS) is 12.3. The zero-order chi connectivity index (χ0) is 25.4. The number of rotatable bonds is 4. The van der Waals surface area contributed by atoms with Crippen molar-refractivity contribution >= 4 is 40.2 Å². The van der Waals surface area contributed by atoms with Crippen LogP contribution in [0.2, 0.25) is 0 Å². The summed E-state index contributed by atoms with van der Waals surface area (Å²) in [7, 11) is 0. The maximum atomic E-state index is 14.2. The van der Waals surface area contributed by atoms with E-state index in [1.807, 2.05) is 24.3 Å². The molecule has 9 heteroatoms. The van der Waals surface area contributed by atoms with E-state index in [0.717, 1.165) is 16.0 Å². The molecule has 7 nitrogen and oxygen atoms in total. The van der Waals surface area contributed by atoms with Crippen LogP contribution in [-0.2, 0) is 6.42 Å². The fraction of sp³-hybridized carbons (Fsp3) is 0.111. The Balaban J connectivity index is 1.47. The van der Waals surface area contributed by atoms with E-state index in [0.29, 0.717) is 34.7 Å². The van der Waals surface area contributed by atoms with E-state index < -0.39 is 16.6 Å². The molecule has 1 N–H and O–H groups in total. The third kappa shape index (κ3) is 4.25. The standard InChI is InChI=1S/C27H20FN3O4S/c1-16-5-4-7-21(28)24(16)29-26(32)23-15-18-13-14-30(22-8-3-2-6-20(22)25(18)36-23)27(33)17-9-11-19(12-10-17)31(34)35/h2-12,15H,13-14H2,1H3,(H,29,32). The van der Waals surface area contributed by atoms with Crippen molar-refractivity contribution in [3.63, 3.8) is 0 Å². The molecule has 5 rings (SSSR count). The number of nitrogens with zero attached hydrogens (tertiary/aromatic N) is 2. The summed E-state index contributed by atoms with van der Waals surface area (Å²) in [5.74, 6) is -1.15. The Hall–Kier alpha value is -4.37. The maximum Gasteiger partial charge on any atom is 0.269 e. The lowest BCUT2D eigenvalue weighted by Crippen LogP contribution is -2.32. The lowest BCUT2D eigenvalue weighted by atomic mass is 10.1. The van der Waals surface area contributed by atoms with Gasteiger partial charge in [0.1, 0.15) is 5.82 Å². The molecule has 3 aromatic carbocycles. The number of amides is 2. The van der Waals surface area contributed by atoms with Gasteiger partial charge in [-0.3, -0.25) is 19.7 Å². The second-order valence-electron chi connectivity index (χ2n) is 8.38. The minimum atomic E-state index is -0.505. The number of fused-ring (bicyclic) bond motifs is 3. The monoisotopic (exact) mass is 501 g/mol. The number of hydrogen-bond donors (Lipinski definition) is 1. The van der Waals surface area contributed by atoms with Crippen molar-refractivity contribution in [1.82, 2.24) is 0 Å². The van der Waals surface area contributed by atoms with Gasteiger partial charge in [-0.1, -0.05) is 30.3 Å². The number of carbonyl (C=O) groups is 2. The molecule has 0 radical (unpaired) electrons. The molecule has 0 spiro atoms. The first kappa shape index (κ1) is 23.4. The molecule has 0 unspecified atom stereocenters. The highest BCUT2D eigenvalue weighted by atomic mass is 32.1. The van der Waals surface area contributed by atoms with Crippen LogP contribution in [-0.4, -0.2) is 23.3 Å². The summed E-state index contributed by atoms with van der Waals surface area (Å²) in [6, 6.07) is 19.4. The average molecular weight is 502 g/mol. The van der Waals surface area contributed by atoms with E-state index in [-0.39, 0.29) is 17.3 Å². The van der Waals surface area contributed by atoms with Crippen LogP contribution < -0.4 is 10.2 Å². The van der Waals surface area contributed by atoms with Gasteiger partial charge in [0.2, 0.25) is 0 Å². The first-order chi connectivity index (χ1) is 17.3. The number of nitro benzene ring substituents is 1. The van der Waals surface area contributed by atoms with Crippen molar-refractivity contribution in [2.45, 2.75) is 13.3 Å². The number of non-ortho nitro benzene ring substituents is 1. The highest BCUT2D eigenvalue weighted by molar-refractivity contribution is 7.17. The molecule has 1 aromatic heterocycles. The highest BCUT2D eigenvalue weighted by Gasteiger charge is 2.28. The van der Waals surface area contributed by atoms with Gasteiger partial charge in [0.25, 0.3) is 17.5 Å². The van der Waals surface area contributed by atoms with Crippen LogP contribution in [0.5, 0.6) is 0 Å². The van der Waals surface area contributed by atoms with Gasteiger partial charge in [-0.15, -0.1) is 11.3 Å². The molecule has 0 fully saturated rings. The van der Waals surface area contributed by atoms with Gasteiger partial charge in [-0.05, 0) is 54.8 Å². The van der Waals surface area contributed by atoms with Crippen molar-refractivity contribution in [2.24, 2.45) is 0 Å². The van der Waals surface area contributed by atoms with Gasteiger partial charge in [0, 0.05) is 34.7 Å². The van der Waals surface area contributed by atoms with Crippen molar-refractivity contribution in [2.75, 3.05) is 16.8 Å². The third-order valence-corrected chi connectivity index (χ3v) is 7.32. The van der Waals surface area contributed by atoms with E-state index in [2.05, 4.69) is 5.32 Å². The fourth-order valence-electron chi connectivity index (χ4n) is 4.27. The van der Waals surface area contributed by atoms with Crippen LogP contribution in [0.1, 0.15) is 31.2 Å². The Morgan fingerprint density at radius 3 is 2.53 bits per heavy atom. The lowest BCUT2D eigenvalue weighted by molar-refractivity contribution is -0.384. The summed E-state index contributed by atoms with van der Waals surface area (Å²) in [5.41, 5.74) is 3.48. The number of carbonyl (C=O) groups excluding carboxylic acids is 2. The van der Waals surface area contributed by atoms with E-state index in [1.54, 1.807) is 30.0 Å².